The highest BCUT2D eigenvalue weighted by atomic mass is 35.5. The molecule has 1 aromatic heterocycles. The second kappa shape index (κ2) is 11.3. The summed E-state index contributed by atoms with van der Waals surface area (Å²) in [6.07, 6.45) is 2.12. The van der Waals surface area contributed by atoms with Crippen molar-refractivity contribution in [2.24, 2.45) is 4.99 Å². The van der Waals surface area contributed by atoms with Crippen LogP contribution in [0.2, 0.25) is 10.0 Å². The van der Waals surface area contributed by atoms with E-state index < -0.39 is 6.10 Å². The van der Waals surface area contributed by atoms with Gasteiger partial charge in [-0.05, 0) is 25.5 Å². The SMILES string of the molecule is CCNC(=NCc1ncc(CC)s1)NCC(O)COc1cccc(Cl)c1Cl. The number of aromatic nitrogens is 1. The highest BCUT2D eigenvalue weighted by Crippen LogP contribution is 2.31. The van der Waals surface area contributed by atoms with Gasteiger partial charge in [0.1, 0.15) is 28.5 Å². The summed E-state index contributed by atoms with van der Waals surface area (Å²) in [6, 6.07) is 5.13. The molecule has 3 N–H and O–H groups in total. The van der Waals surface area contributed by atoms with Gasteiger partial charge in [-0.15, -0.1) is 11.3 Å². The number of aliphatic hydroxyl groups is 1. The molecule has 0 spiro atoms. The molecule has 2 aromatic rings. The Morgan fingerprint density at radius 3 is 2.85 bits per heavy atom. The molecule has 0 fully saturated rings. The number of aliphatic hydroxyl groups excluding tert-OH is 1. The third-order valence-electron chi connectivity index (χ3n) is 3.52. The minimum absolute atomic E-state index is 0.0822. The number of hydrogen-bond acceptors (Lipinski definition) is 5. The largest absolute Gasteiger partial charge is 0.489 e. The molecule has 6 nitrogen and oxygen atoms in total. The van der Waals surface area contributed by atoms with Crippen LogP contribution in [0.4, 0.5) is 0 Å². The first kappa shape index (κ1) is 21.8. The van der Waals surface area contributed by atoms with E-state index in [0.717, 1.165) is 11.4 Å². The lowest BCUT2D eigenvalue weighted by molar-refractivity contribution is 0.110. The number of halogens is 2. The molecule has 148 valence electrons. The molecule has 1 heterocycles. The van der Waals surface area contributed by atoms with Crippen LogP contribution in [0, 0.1) is 0 Å². The van der Waals surface area contributed by atoms with Crippen LogP contribution in [0.25, 0.3) is 0 Å². The molecule has 1 atom stereocenters. The number of nitrogens with one attached hydrogen (secondary N) is 2. The minimum Gasteiger partial charge on any atom is -0.489 e. The molecule has 0 saturated carbocycles. The van der Waals surface area contributed by atoms with Crippen LogP contribution >= 0.6 is 34.5 Å². The Balaban J connectivity index is 1.83. The summed E-state index contributed by atoms with van der Waals surface area (Å²) in [4.78, 5) is 10.1. The van der Waals surface area contributed by atoms with E-state index in [1.54, 1.807) is 29.5 Å². The first-order valence-electron chi connectivity index (χ1n) is 8.74. The van der Waals surface area contributed by atoms with Crippen LogP contribution in [0.5, 0.6) is 5.75 Å². The fraction of sp³-hybridized carbons (Fsp3) is 0.444. The van der Waals surface area contributed by atoms with Crippen molar-refractivity contribution in [2.75, 3.05) is 19.7 Å². The maximum atomic E-state index is 10.2. The molecule has 1 unspecified atom stereocenters. The number of guanidine groups is 1. The van der Waals surface area contributed by atoms with E-state index in [2.05, 4.69) is 27.5 Å². The molecule has 9 heteroatoms. The zero-order valence-corrected chi connectivity index (χ0v) is 17.7. The Labute approximate surface area is 173 Å². The molecule has 2 rings (SSSR count). The van der Waals surface area contributed by atoms with Gasteiger partial charge < -0.3 is 20.5 Å². The molecule has 0 bridgehead atoms. The molecule has 0 radical (unpaired) electrons. The Morgan fingerprint density at radius 1 is 1.33 bits per heavy atom. The molecule has 0 aliphatic heterocycles. The normalized spacial score (nSPS) is 12.7. The molecule has 1 aromatic carbocycles. The number of benzene rings is 1. The summed E-state index contributed by atoms with van der Waals surface area (Å²) < 4.78 is 5.54. The molecule has 0 aliphatic carbocycles. The van der Waals surface area contributed by atoms with Gasteiger partial charge in [-0.3, -0.25) is 0 Å². The van der Waals surface area contributed by atoms with Crippen molar-refractivity contribution in [1.29, 1.82) is 0 Å². The number of thiazole rings is 1. The predicted molar refractivity (Wildman–Crippen MR) is 112 cm³/mol. The van der Waals surface area contributed by atoms with Gasteiger partial charge in [0.15, 0.2) is 5.96 Å². The third kappa shape index (κ3) is 7.18. The quantitative estimate of drug-likeness (QED) is 0.418. The zero-order valence-electron chi connectivity index (χ0n) is 15.3. The number of aliphatic imine (C=N–C) groups is 1. The number of nitrogens with zero attached hydrogens (tertiary/aromatic N) is 2. The van der Waals surface area contributed by atoms with Gasteiger partial charge in [0, 0.05) is 24.2 Å². The number of aryl methyl sites for hydroxylation is 1. The van der Waals surface area contributed by atoms with E-state index in [4.69, 9.17) is 27.9 Å². The van der Waals surface area contributed by atoms with Crippen LogP contribution in [0.15, 0.2) is 29.4 Å². The van der Waals surface area contributed by atoms with Gasteiger partial charge in [0.05, 0.1) is 11.6 Å². The average Bonchev–Trinajstić information content (AvgIpc) is 3.13. The number of ether oxygens (including phenoxy) is 1. The van der Waals surface area contributed by atoms with Gasteiger partial charge in [-0.25, -0.2) is 9.98 Å². The Kier molecular flexibility index (Phi) is 9.14. The highest BCUT2D eigenvalue weighted by Gasteiger charge is 2.10. The van der Waals surface area contributed by atoms with Gasteiger partial charge in [-0.1, -0.05) is 36.2 Å². The summed E-state index contributed by atoms with van der Waals surface area (Å²) in [5, 5.41) is 18.1. The summed E-state index contributed by atoms with van der Waals surface area (Å²) >= 11 is 13.7. The Hall–Kier alpha value is -1.54. The Bertz CT molecular complexity index is 755. The van der Waals surface area contributed by atoms with Gasteiger partial charge in [-0.2, -0.15) is 0 Å². The second-order valence-corrected chi connectivity index (χ2v) is 7.65. The lowest BCUT2D eigenvalue weighted by atomic mass is 10.3. The first-order chi connectivity index (χ1) is 13.0. The fourth-order valence-corrected chi connectivity index (χ4v) is 3.26. The van der Waals surface area contributed by atoms with Crippen LogP contribution < -0.4 is 15.4 Å². The van der Waals surface area contributed by atoms with E-state index in [1.807, 2.05) is 13.1 Å². The summed E-state index contributed by atoms with van der Waals surface area (Å²) in [5.41, 5.74) is 0. The maximum Gasteiger partial charge on any atom is 0.191 e. The van der Waals surface area contributed by atoms with Crippen molar-refractivity contribution in [2.45, 2.75) is 32.9 Å². The van der Waals surface area contributed by atoms with Crippen molar-refractivity contribution < 1.29 is 9.84 Å². The van der Waals surface area contributed by atoms with Gasteiger partial charge in [0.25, 0.3) is 0 Å². The van der Waals surface area contributed by atoms with Gasteiger partial charge >= 0.3 is 0 Å². The van der Waals surface area contributed by atoms with E-state index in [1.165, 1.54) is 4.88 Å². The van der Waals surface area contributed by atoms with Crippen molar-refractivity contribution in [3.05, 3.63) is 44.3 Å². The lowest BCUT2D eigenvalue weighted by Gasteiger charge is -2.16. The number of hydrogen-bond donors (Lipinski definition) is 3. The fourth-order valence-electron chi connectivity index (χ4n) is 2.13. The molecular weight excluding hydrogens is 407 g/mol. The summed E-state index contributed by atoms with van der Waals surface area (Å²) in [6.45, 7) is 5.66. The smallest absolute Gasteiger partial charge is 0.191 e. The molecular formula is C18H24Cl2N4O2S. The standard InChI is InChI=1S/C18H24Cl2N4O2S/c1-3-13-9-22-16(27-13)10-24-18(21-4-2)23-8-12(25)11-26-15-7-5-6-14(19)17(15)20/h5-7,9,12,25H,3-4,8,10-11H2,1-2H3,(H2,21,23,24). The van der Waals surface area contributed by atoms with Crippen molar-refractivity contribution >= 4 is 40.5 Å². The van der Waals surface area contributed by atoms with E-state index in [9.17, 15) is 5.11 Å². The maximum absolute atomic E-state index is 10.2. The van der Waals surface area contributed by atoms with E-state index in [-0.39, 0.29) is 13.2 Å². The summed E-state index contributed by atoms with van der Waals surface area (Å²) in [7, 11) is 0. The topological polar surface area (TPSA) is 78.8 Å². The molecule has 0 saturated heterocycles. The molecule has 0 aliphatic rings. The van der Waals surface area contributed by atoms with Crippen molar-refractivity contribution in [3.8, 4) is 5.75 Å². The predicted octanol–water partition coefficient (Wildman–Crippen LogP) is 3.51. The average molecular weight is 431 g/mol. The van der Waals surface area contributed by atoms with E-state index in [0.29, 0.717) is 34.8 Å². The zero-order chi connectivity index (χ0) is 19.6. The minimum atomic E-state index is -0.740. The van der Waals surface area contributed by atoms with Crippen LogP contribution in [0.3, 0.4) is 0 Å². The van der Waals surface area contributed by atoms with E-state index >= 15 is 0 Å². The van der Waals surface area contributed by atoms with Crippen LogP contribution in [-0.4, -0.2) is 41.9 Å². The Morgan fingerprint density at radius 2 is 2.15 bits per heavy atom. The van der Waals surface area contributed by atoms with Crippen molar-refractivity contribution in [1.82, 2.24) is 15.6 Å². The second-order valence-electron chi connectivity index (χ2n) is 5.67. The van der Waals surface area contributed by atoms with Crippen molar-refractivity contribution in [3.63, 3.8) is 0 Å². The summed E-state index contributed by atoms with van der Waals surface area (Å²) in [5.74, 6) is 1.06. The lowest BCUT2D eigenvalue weighted by Crippen LogP contribution is -2.42. The monoisotopic (exact) mass is 430 g/mol. The van der Waals surface area contributed by atoms with Crippen LogP contribution in [0.1, 0.15) is 23.7 Å². The molecule has 27 heavy (non-hydrogen) atoms. The molecule has 0 amide bonds. The number of rotatable bonds is 9. The van der Waals surface area contributed by atoms with Crippen LogP contribution in [-0.2, 0) is 13.0 Å². The third-order valence-corrected chi connectivity index (χ3v) is 5.45. The first-order valence-corrected chi connectivity index (χ1v) is 10.3. The van der Waals surface area contributed by atoms with Gasteiger partial charge in [0.2, 0.25) is 0 Å². The highest BCUT2D eigenvalue weighted by molar-refractivity contribution is 7.11.